The minimum atomic E-state index is -0.687. The van der Waals surface area contributed by atoms with Crippen molar-refractivity contribution in [3.63, 3.8) is 0 Å². The highest BCUT2D eigenvalue weighted by Gasteiger charge is 2.58. The molecule has 0 amide bonds. The number of carbonyl (C=O) groups is 1. The van der Waals surface area contributed by atoms with Crippen LogP contribution in [-0.4, -0.2) is 61.3 Å². The standard InChI is InChI=1S/C18H28O7/c1-6-9-20-13(19)8-7-11-15-16(25-18(4,5)24-15)14(22-11)12-10-21-17(2,3)23-12/h6,11-12,14-16H,1,7-10H2,2-5H3/t11-,12-,14-,15-,16+/m1/s1. The molecule has 0 aromatic heterocycles. The Kier molecular flexibility index (Phi) is 5.23. The smallest absolute Gasteiger partial charge is 0.306 e. The largest absolute Gasteiger partial charge is 0.461 e. The van der Waals surface area contributed by atoms with Crippen molar-refractivity contribution < 1.29 is 33.2 Å². The molecule has 142 valence electrons. The number of hydrogen-bond acceptors (Lipinski definition) is 7. The van der Waals surface area contributed by atoms with Gasteiger partial charge in [-0.3, -0.25) is 4.79 Å². The first kappa shape index (κ1) is 18.8. The maximum atomic E-state index is 11.8. The number of hydrogen-bond donors (Lipinski definition) is 0. The topological polar surface area (TPSA) is 72.5 Å². The van der Waals surface area contributed by atoms with E-state index in [0.717, 1.165) is 0 Å². The molecule has 5 atom stereocenters. The zero-order valence-electron chi connectivity index (χ0n) is 15.4. The van der Waals surface area contributed by atoms with E-state index in [9.17, 15) is 4.79 Å². The highest BCUT2D eigenvalue weighted by atomic mass is 16.8. The van der Waals surface area contributed by atoms with Gasteiger partial charge in [-0.15, -0.1) is 0 Å². The van der Waals surface area contributed by atoms with Crippen LogP contribution < -0.4 is 0 Å². The van der Waals surface area contributed by atoms with Crippen molar-refractivity contribution in [2.75, 3.05) is 13.2 Å². The van der Waals surface area contributed by atoms with E-state index >= 15 is 0 Å². The van der Waals surface area contributed by atoms with E-state index < -0.39 is 11.6 Å². The quantitative estimate of drug-likeness (QED) is 0.532. The monoisotopic (exact) mass is 356 g/mol. The lowest BCUT2D eigenvalue weighted by atomic mass is 10.0. The van der Waals surface area contributed by atoms with Gasteiger partial charge in [0.2, 0.25) is 0 Å². The second-order valence-electron chi connectivity index (χ2n) is 7.58. The van der Waals surface area contributed by atoms with Crippen LogP contribution in [-0.2, 0) is 33.2 Å². The van der Waals surface area contributed by atoms with Crippen LogP contribution in [0.2, 0.25) is 0 Å². The number of esters is 1. The predicted octanol–water partition coefficient (Wildman–Crippen LogP) is 1.93. The molecule has 7 nitrogen and oxygen atoms in total. The van der Waals surface area contributed by atoms with Gasteiger partial charge < -0.3 is 28.4 Å². The Hall–Kier alpha value is -0.990. The summed E-state index contributed by atoms with van der Waals surface area (Å²) in [5, 5.41) is 0. The van der Waals surface area contributed by atoms with E-state index in [1.165, 1.54) is 0 Å². The van der Waals surface area contributed by atoms with Crippen LogP contribution in [0.3, 0.4) is 0 Å². The minimum absolute atomic E-state index is 0.216. The molecular weight excluding hydrogens is 328 g/mol. The van der Waals surface area contributed by atoms with Crippen LogP contribution >= 0.6 is 0 Å². The molecule has 7 heteroatoms. The molecule has 0 N–H and O–H groups in total. The van der Waals surface area contributed by atoms with Gasteiger partial charge >= 0.3 is 5.97 Å². The molecule has 3 saturated heterocycles. The Morgan fingerprint density at radius 2 is 1.84 bits per heavy atom. The van der Waals surface area contributed by atoms with Crippen LogP contribution in [0.1, 0.15) is 40.5 Å². The van der Waals surface area contributed by atoms with Gasteiger partial charge in [0.05, 0.1) is 12.7 Å². The van der Waals surface area contributed by atoms with E-state index in [4.69, 9.17) is 28.4 Å². The first-order valence-electron chi connectivity index (χ1n) is 8.80. The van der Waals surface area contributed by atoms with Crippen LogP contribution in [0.5, 0.6) is 0 Å². The molecule has 0 aliphatic carbocycles. The summed E-state index contributed by atoms with van der Waals surface area (Å²) in [5.74, 6) is -1.60. The van der Waals surface area contributed by atoms with Gasteiger partial charge in [-0.05, 0) is 34.1 Å². The summed E-state index contributed by atoms with van der Waals surface area (Å²) < 4.78 is 34.9. The van der Waals surface area contributed by atoms with Crippen molar-refractivity contribution in [2.24, 2.45) is 0 Å². The van der Waals surface area contributed by atoms with Gasteiger partial charge in [0.15, 0.2) is 11.6 Å². The number of rotatable bonds is 6. The van der Waals surface area contributed by atoms with Crippen molar-refractivity contribution in [3.8, 4) is 0 Å². The van der Waals surface area contributed by atoms with E-state index in [-0.39, 0.29) is 49.5 Å². The van der Waals surface area contributed by atoms with Gasteiger partial charge in [-0.1, -0.05) is 12.7 Å². The van der Waals surface area contributed by atoms with Gasteiger partial charge in [-0.2, -0.15) is 0 Å². The number of ether oxygens (including phenoxy) is 6. The molecule has 0 radical (unpaired) electrons. The molecule has 25 heavy (non-hydrogen) atoms. The van der Waals surface area contributed by atoms with Crippen LogP contribution in [0, 0.1) is 0 Å². The summed E-state index contributed by atoms with van der Waals surface area (Å²) in [6.45, 7) is 11.7. The Labute approximate surface area is 148 Å². The lowest BCUT2D eigenvalue weighted by molar-refractivity contribution is -0.207. The van der Waals surface area contributed by atoms with Gasteiger partial charge in [0.1, 0.15) is 31.0 Å². The molecule has 0 saturated carbocycles. The maximum absolute atomic E-state index is 11.8. The molecule has 3 heterocycles. The summed E-state index contributed by atoms with van der Waals surface area (Å²) in [7, 11) is 0. The van der Waals surface area contributed by atoms with Crippen LogP contribution in [0.4, 0.5) is 0 Å². The van der Waals surface area contributed by atoms with Gasteiger partial charge in [-0.25, -0.2) is 0 Å². The molecule has 0 aromatic carbocycles. The Bertz CT molecular complexity index is 516. The van der Waals surface area contributed by atoms with E-state index in [1.807, 2.05) is 27.7 Å². The van der Waals surface area contributed by atoms with Crippen molar-refractivity contribution in [1.82, 2.24) is 0 Å². The summed E-state index contributed by atoms with van der Waals surface area (Å²) in [6, 6.07) is 0. The lowest BCUT2D eigenvalue weighted by Crippen LogP contribution is -2.40. The van der Waals surface area contributed by atoms with E-state index in [2.05, 4.69) is 6.58 Å². The van der Waals surface area contributed by atoms with Gasteiger partial charge in [0, 0.05) is 6.42 Å². The average Bonchev–Trinajstić information content (AvgIpc) is 3.13. The molecule has 0 bridgehead atoms. The Balaban J connectivity index is 1.64. The third-order valence-corrected chi connectivity index (χ3v) is 4.58. The second-order valence-corrected chi connectivity index (χ2v) is 7.58. The first-order valence-corrected chi connectivity index (χ1v) is 8.80. The SMILES string of the molecule is C=CCOC(=O)CC[C@H]1O[C@H]([C@H]2COC(C)(C)O2)[C@@H]2OC(C)(C)O[C@@H]21. The predicted molar refractivity (Wildman–Crippen MR) is 87.8 cm³/mol. The lowest BCUT2D eigenvalue weighted by Gasteiger charge is -2.27. The van der Waals surface area contributed by atoms with E-state index in [1.54, 1.807) is 6.08 Å². The fraction of sp³-hybridized carbons (Fsp3) is 0.833. The summed E-state index contributed by atoms with van der Waals surface area (Å²) in [4.78, 5) is 11.8. The average molecular weight is 356 g/mol. The molecule has 0 unspecified atom stereocenters. The highest BCUT2D eigenvalue weighted by molar-refractivity contribution is 5.69. The summed E-state index contributed by atoms with van der Waals surface area (Å²) in [5.41, 5.74) is 0. The minimum Gasteiger partial charge on any atom is -0.461 e. The summed E-state index contributed by atoms with van der Waals surface area (Å²) in [6.07, 6.45) is 1.06. The molecule has 3 fully saturated rings. The fourth-order valence-corrected chi connectivity index (χ4v) is 3.61. The Morgan fingerprint density at radius 3 is 2.48 bits per heavy atom. The van der Waals surface area contributed by atoms with Crippen molar-refractivity contribution in [3.05, 3.63) is 12.7 Å². The molecule has 3 aliphatic rings. The molecule has 0 spiro atoms. The first-order chi connectivity index (χ1) is 11.7. The van der Waals surface area contributed by atoms with E-state index in [0.29, 0.717) is 13.0 Å². The molecule has 0 aromatic rings. The second kappa shape index (κ2) is 6.96. The number of carbonyl (C=O) groups excluding carboxylic acids is 1. The fourth-order valence-electron chi connectivity index (χ4n) is 3.61. The zero-order valence-corrected chi connectivity index (χ0v) is 15.4. The van der Waals surface area contributed by atoms with Crippen molar-refractivity contribution >= 4 is 5.97 Å². The molecule has 3 aliphatic heterocycles. The maximum Gasteiger partial charge on any atom is 0.306 e. The molecular formula is C18H28O7. The van der Waals surface area contributed by atoms with Gasteiger partial charge in [0.25, 0.3) is 0 Å². The summed E-state index contributed by atoms with van der Waals surface area (Å²) >= 11 is 0. The molecule has 3 rings (SSSR count). The normalized spacial score (nSPS) is 38.5. The van der Waals surface area contributed by atoms with Crippen molar-refractivity contribution in [2.45, 2.75) is 82.6 Å². The third-order valence-electron chi connectivity index (χ3n) is 4.58. The third kappa shape index (κ3) is 4.23. The zero-order chi connectivity index (χ0) is 18.2. The van der Waals surface area contributed by atoms with Crippen LogP contribution in [0.15, 0.2) is 12.7 Å². The number of fused-ring (bicyclic) bond motifs is 1. The van der Waals surface area contributed by atoms with Crippen molar-refractivity contribution in [1.29, 1.82) is 0 Å². The van der Waals surface area contributed by atoms with Crippen LogP contribution in [0.25, 0.3) is 0 Å². The Morgan fingerprint density at radius 1 is 1.12 bits per heavy atom. The highest BCUT2D eigenvalue weighted by Crippen LogP contribution is 2.43.